The third-order valence-corrected chi connectivity index (χ3v) is 2.78. The SMILES string of the molecule is O=C1CCCN1c1ccc(CCl)cc1. The summed E-state index contributed by atoms with van der Waals surface area (Å²) < 4.78 is 0. The Labute approximate surface area is 88.5 Å². The summed E-state index contributed by atoms with van der Waals surface area (Å²) in [4.78, 5) is 13.3. The first-order chi connectivity index (χ1) is 6.81. The van der Waals surface area contributed by atoms with Gasteiger partial charge in [-0.1, -0.05) is 12.1 Å². The van der Waals surface area contributed by atoms with Crippen molar-refractivity contribution in [3.05, 3.63) is 29.8 Å². The molecule has 0 saturated carbocycles. The van der Waals surface area contributed by atoms with Crippen LogP contribution < -0.4 is 4.90 Å². The minimum atomic E-state index is 0.226. The fourth-order valence-corrected chi connectivity index (χ4v) is 1.86. The Kier molecular flexibility index (Phi) is 2.73. The molecule has 1 heterocycles. The molecule has 0 bridgehead atoms. The predicted molar refractivity (Wildman–Crippen MR) is 57.6 cm³/mol. The maximum atomic E-state index is 11.4. The largest absolute Gasteiger partial charge is 0.312 e. The van der Waals surface area contributed by atoms with E-state index in [1.807, 2.05) is 29.2 Å². The lowest BCUT2D eigenvalue weighted by atomic mass is 10.2. The average Bonchev–Trinajstić information content (AvgIpc) is 2.65. The lowest BCUT2D eigenvalue weighted by Crippen LogP contribution is -2.23. The van der Waals surface area contributed by atoms with E-state index in [-0.39, 0.29) is 5.91 Å². The van der Waals surface area contributed by atoms with Gasteiger partial charge >= 0.3 is 0 Å². The van der Waals surface area contributed by atoms with Gasteiger partial charge in [0.15, 0.2) is 0 Å². The Balaban J connectivity index is 2.20. The first-order valence-electron chi connectivity index (χ1n) is 4.76. The average molecular weight is 210 g/mol. The van der Waals surface area contributed by atoms with Gasteiger partial charge in [0.05, 0.1) is 0 Å². The highest BCUT2D eigenvalue weighted by Crippen LogP contribution is 2.21. The van der Waals surface area contributed by atoms with Crippen molar-refractivity contribution in [2.24, 2.45) is 0 Å². The maximum Gasteiger partial charge on any atom is 0.227 e. The van der Waals surface area contributed by atoms with Crippen LogP contribution in [0.15, 0.2) is 24.3 Å². The summed E-state index contributed by atoms with van der Waals surface area (Å²) in [6.45, 7) is 0.846. The van der Waals surface area contributed by atoms with Gasteiger partial charge in [0.1, 0.15) is 0 Å². The molecule has 0 N–H and O–H groups in total. The number of halogens is 1. The van der Waals surface area contributed by atoms with Crippen molar-refractivity contribution in [3.8, 4) is 0 Å². The third kappa shape index (κ3) is 1.75. The minimum Gasteiger partial charge on any atom is -0.312 e. The van der Waals surface area contributed by atoms with Crippen LogP contribution >= 0.6 is 11.6 Å². The van der Waals surface area contributed by atoms with Crippen molar-refractivity contribution in [1.29, 1.82) is 0 Å². The molecule has 3 heteroatoms. The molecule has 1 aliphatic rings. The third-order valence-electron chi connectivity index (χ3n) is 2.48. The van der Waals surface area contributed by atoms with Crippen molar-refractivity contribution in [1.82, 2.24) is 0 Å². The van der Waals surface area contributed by atoms with E-state index < -0.39 is 0 Å². The second-order valence-electron chi connectivity index (χ2n) is 3.45. The highest BCUT2D eigenvalue weighted by Gasteiger charge is 2.21. The minimum absolute atomic E-state index is 0.226. The van der Waals surface area contributed by atoms with E-state index in [2.05, 4.69) is 0 Å². The zero-order valence-corrected chi connectivity index (χ0v) is 8.63. The number of rotatable bonds is 2. The standard InChI is InChI=1S/C11H12ClNO/c12-8-9-3-5-10(6-4-9)13-7-1-2-11(13)14/h3-6H,1-2,7-8H2. The van der Waals surface area contributed by atoms with Crippen molar-refractivity contribution in [2.75, 3.05) is 11.4 Å². The summed E-state index contributed by atoms with van der Waals surface area (Å²) in [5.41, 5.74) is 2.07. The van der Waals surface area contributed by atoms with E-state index >= 15 is 0 Å². The molecule has 1 aliphatic heterocycles. The van der Waals surface area contributed by atoms with Crippen LogP contribution in [0, 0.1) is 0 Å². The topological polar surface area (TPSA) is 20.3 Å². The molecule has 0 spiro atoms. The Morgan fingerprint density at radius 2 is 2.00 bits per heavy atom. The van der Waals surface area contributed by atoms with Gasteiger partial charge < -0.3 is 4.90 Å². The number of hydrogen-bond acceptors (Lipinski definition) is 1. The summed E-state index contributed by atoms with van der Waals surface area (Å²) >= 11 is 5.69. The molecule has 74 valence electrons. The molecule has 0 unspecified atom stereocenters. The number of nitrogens with zero attached hydrogens (tertiary/aromatic N) is 1. The summed E-state index contributed by atoms with van der Waals surface area (Å²) in [6, 6.07) is 7.85. The lowest BCUT2D eigenvalue weighted by Gasteiger charge is -2.15. The van der Waals surface area contributed by atoms with Crippen molar-refractivity contribution in [2.45, 2.75) is 18.7 Å². The van der Waals surface area contributed by atoms with Crippen LogP contribution in [0.25, 0.3) is 0 Å². The molecule has 1 aromatic rings. The first-order valence-corrected chi connectivity index (χ1v) is 5.30. The van der Waals surface area contributed by atoms with Crippen LogP contribution in [-0.4, -0.2) is 12.5 Å². The fourth-order valence-electron chi connectivity index (χ4n) is 1.69. The Morgan fingerprint density at radius 3 is 2.50 bits per heavy atom. The molecule has 0 atom stereocenters. The summed E-state index contributed by atoms with van der Waals surface area (Å²) in [6.07, 6.45) is 1.65. The van der Waals surface area contributed by atoms with Gasteiger partial charge in [-0.05, 0) is 24.1 Å². The number of anilines is 1. The smallest absolute Gasteiger partial charge is 0.227 e. The van der Waals surface area contributed by atoms with Crippen molar-refractivity contribution < 1.29 is 4.79 Å². The molecule has 2 rings (SSSR count). The summed E-state index contributed by atoms with van der Waals surface area (Å²) in [5.74, 6) is 0.748. The van der Waals surface area contributed by atoms with Gasteiger partial charge in [-0.2, -0.15) is 0 Å². The molecule has 1 fully saturated rings. The molecule has 2 nitrogen and oxygen atoms in total. The second kappa shape index (κ2) is 4.01. The van der Waals surface area contributed by atoms with Crippen LogP contribution in [0.5, 0.6) is 0 Å². The normalized spacial score (nSPS) is 16.4. The number of carbonyl (C=O) groups is 1. The molecule has 0 radical (unpaired) electrons. The maximum absolute atomic E-state index is 11.4. The van der Waals surface area contributed by atoms with Crippen molar-refractivity contribution in [3.63, 3.8) is 0 Å². The van der Waals surface area contributed by atoms with Crippen LogP contribution in [0.3, 0.4) is 0 Å². The van der Waals surface area contributed by atoms with Gasteiger partial charge in [-0.3, -0.25) is 4.79 Å². The van der Waals surface area contributed by atoms with E-state index in [1.165, 1.54) is 0 Å². The molecule has 14 heavy (non-hydrogen) atoms. The molecule has 0 aliphatic carbocycles. The van der Waals surface area contributed by atoms with Gasteiger partial charge in [-0.25, -0.2) is 0 Å². The Morgan fingerprint density at radius 1 is 1.29 bits per heavy atom. The van der Waals surface area contributed by atoms with Gasteiger partial charge in [-0.15, -0.1) is 11.6 Å². The van der Waals surface area contributed by atoms with Gasteiger partial charge in [0.25, 0.3) is 0 Å². The molecule has 1 saturated heterocycles. The lowest BCUT2D eigenvalue weighted by molar-refractivity contribution is -0.117. The van der Waals surface area contributed by atoms with E-state index in [1.54, 1.807) is 0 Å². The second-order valence-corrected chi connectivity index (χ2v) is 3.72. The number of carbonyl (C=O) groups excluding carboxylic acids is 1. The molecule has 0 aromatic heterocycles. The Bertz CT molecular complexity index is 334. The quantitative estimate of drug-likeness (QED) is 0.686. The molecular formula is C11H12ClNO. The number of amides is 1. The van der Waals surface area contributed by atoms with E-state index in [0.717, 1.165) is 24.2 Å². The summed E-state index contributed by atoms with van der Waals surface area (Å²) in [5, 5.41) is 0. The van der Waals surface area contributed by atoms with Gasteiger partial charge in [0, 0.05) is 24.5 Å². The van der Waals surface area contributed by atoms with Gasteiger partial charge in [0.2, 0.25) is 5.91 Å². The zero-order valence-electron chi connectivity index (χ0n) is 7.87. The van der Waals surface area contributed by atoms with E-state index in [9.17, 15) is 4.79 Å². The molecular weight excluding hydrogens is 198 g/mol. The number of benzene rings is 1. The molecule has 1 amide bonds. The van der Waals surface area contributed by atoms with E-state index in [0.29, 0.717) is 12.3 Å². The number of alkyl halides is 1. The van der Waals surface area contributed by atoms with Crippen LogP contribution in [0.2, 0.25) is 0 Å². The molecule has 1 aromatic carbocycles. The van der Waals surface area contributed by atoms with Crippen molar-refractivity contribution >= 4 is 23.2 Å². The van der Waals surface area contributed by atoms with Crippen LogP contribution in [0.1, 0.15) is 18.4 Å². The fraction of sp³-hybridized carbons (Fsp3) is 0.364. The highest BCUT2D eigenvalue weighted by atomic mass is 35.5. The van der Waals surface area contributed by atoms with Crippen LogP contribution in [-0.2, 0) is 10.7 Å². The monoisotopic (exact) mass is 209 g/mol. The predicted octanol–water partition coefficient (Wildman–Crippen LogP) is 2.55. The zero-order chi connectivity index (χ0) is 9.97. The van der Waals surface area contributed by atoms with Crippen LogP contribution in [0.4, 0.5) is 5.69 Å². The summed E-state index contributed by atoms with van der Waals surface area (Å²) in [7, 11) is 0. The van der Waals surface area contributed by atoms with E-state index in [4.69, 9.17) is 11.6 Å². The number of hydrogen-bond donors (Lipinski definition) is 0. The highest BCUT2D eigenvalue weighted by molar-refractivity contribution is 6.17. The Hall–Kier alpha value is -1.02. The first kappa shape index (κ1) is 9.53.